The molecule has 2 heterocycles. The first kappa shape index (κ1) is 16.2. The maximum Gasteiger partial charge on any atom is 0.318 e. The SMILES string of the molecule is Cc1ccc([C@@H]2c3cccn3CCN2C(=O)NC2CCCCC2)cc1. The maximum atomic E-state index is 13.1. The van der Waals surface area contributed by atoms with Gasteiger partial charge >= 0.3 is 6.03 Å². The summed E-state index contributed by atoms with van der Waals surface area (Å²) in [5.74, 6) is 0. The van der Waals surface area contributed by atoms with Gasteiger partial charge in [-0.25, -0.2) is 4.79 Å². The third-order valence-corrected chi connectivity index (χ3v) is 5.62. The lowest BCUT2D eigenvalue weighted by Crippen LogP contribution is -2.50. The fourth-order valence-corrected chi connectivity index (χ4v) is 4.21. The Morgan fingerprint density at radius 1 is 1.04 bits per heavy atom. The second kappa shape index (κ2) is 6.95. The number of hydrogen-bond acceptors (Lipinski definition) is 1. The molecule has 2 amide bonds. The Labute approximate surface area is 149 Å². The first-order valence-electron chi connectivity index (χ1n) is 9.51. The van der Waals surface area contributed by atoms with Gasteiger partial charge in [0.2, 0.25) is 0 Å². The summed E-state index contributed by atoms with van der Waals surface area (Å²) in [5, 5.41) is 3.30. The Bertz CT molecular complexity index is 728. The molecule has 2 aliphatic rings. The van der Waals surface area contributed by atoms with Crippen molar-refractivity contribution >= 4 is 6.03 Å². The zero-order valence-electron chi connectivity index (χ0n) is 14.9. The molecule has 1 fully saturated rings. The summed E-state index contributed by atoms with van der Waals surface area (Å²) in [6, 6.07) is 13.2. The Kier molecular flexibility index (Phi) is 4.51. The molecule has 2 aromatic rings. The van der Waals surface area contributed by atoms with Crippen molar-refractivity contribution < 1.29 is 4.79 Å². The Morgan fingerprint density at radius 3 is 2.56 bits per heavy atom. The van der Waals surface area contributed by atoms with Crippen molar-refractivity contribution in [2.75, 3.05) is 6.54 Å². The highest BCUT2D eigenvalue weighted by atomic mass is 16.2. The van der Waals surface area contributed by atoms with Crippen molar-refractivity contribution in [1.29, 1.82) is 0 Å². The molecule has 25 heavy (non-hydrogen) atoms. The van der Waals surface area contributed by atoms with Gasteiger partial charge in [0.1, 0.15) is 0 Å². The summed E-state index contributed by atoms with van der Waals surface area (Å²) in [6.45, 7) is 3.71. The molecule has 0 unspecified atom stereocenters. The number of rotatable bonds is 2. The van der Waals surface area contributed by atoms with Gasteiger partial charge in [-0.1, -0.05) is 49.1 Å². The summed E-state index contributed by atoms with van der Waals surface area (Å²) < 4.78 is 2.27. The Morgan fingerprint density at radius 2 is 1.80 bits per heavy atom. The van der Waals surface area contributed by atoms with Gasteiger partial charge in [0.05, 0.1) is 6.04 Å². The van der Waals surface area contributed by atoms with E-state index in [1.807, 2.05) is 4.90 Å². The number of aryl methyl sites for hydroxylation is 1. The number of nitrogens with one attached hydrogen (secondary N) is 1. The van der Waals surface area contributed by atoms with Crippen LogP contribution in [0.1, 0.15) is 55.0 Å². The molecule has 1 aliphatic carbocycles. The Hall–Kier alpha value is -2.23. The summed E-state index contributed by atoms with van der Waals surface area (Å²) in [6.07, 6.45) is 8.11. The van der Waals surface area contributed by atoms with E-state index in [1.54, 1.807) is 0 Å². The van der Waals surface area contributed by atoms with E-state index in [2.05, 4.69) is 59.4 Å². The fraction of sp³-hybridized carbons (Fsp3) is 0.476. The zero-order valence-corrected chi connectivity index (χ0v) is 14.9. The largest absolute Gasteiger partial charge is 0.348 e. The van der Waals surface area contributed by atoms with Crippen LogP contribution in [0.4, 0.5) is 4.79 Å². The summed E-state index contributed by atoms with van der Waals surface area (Å²) in [7, 11) is 0. The van der Waals surface area contributed by atoms with Crippen molar-refractivity contribution in [2.45, 2.75) is 57.7 Å². The number of nitrogens with zero attached hydrogens (tertiary/aromatic N) is 2. The molecule has 4 heteroatoms. The Balaban J connectivity index is 1.61. The third kappa shape index (κ3) is 3.30. The lowest BCUT2D eigenvalue weighted by Gasteiger charge is -2.38. The number of benzene rings is 1. The molecule has 1 aliphatic heterocycles. The number of urea groups is 1. The summed E-state index contributed by atoms with van der Waals surface area (Å²) in [4.78, 5) is 15.1. The quantitative estimate of drug-likeness (QED) is 0.874. The molecule has 0 radical (unpaired) electrons. The topological polar surface area (TPSA) is 37.3 Å². The van der Waals surface area contributed by atoms with Gasteiger partial charge in [0, 0.05) is 31.0 Å². The average molecular weight is 337 g/mol. The monoisotopic (exact) mass is 337 g/mol. The molecule has 1 N–H and O–H groups in total. The van der Waals surface area contributed by atoms with Crippen molar-refractivity contribution in [3.63, 3.8) is 0 Å². The fourth-order valence-electron chi connectivity index (χ4n) is 4.21. The lowest BCUT2D eigenvalue weighted by atomic mass is 9.95. The molecular weight excluding hydrogens is 310 g/mol. The van der Waals surface area contributed by atoms with Gasteiger partial charge < -0.3 is 14.8 Å². The first-order valence-corrected chi connectivity index (χ1v) is 9.51. The van der Waals surface area contributed by atoms with Crippen LogP contribution >= 0.6 is 0 Å². The number of amides is 2. The molecule has 0 saturated heterocycles. The van der Waals surface area contributed by atoms with Crippen LogP contribution in [-0.2, 0) is 6.54 Å². The van der Waals surface area contributed by atoms with Gasteiger partial charge in [0.25, 0.3) is 0 Å². The smallest absolute Gasteiger partial charge is 0.318 e. The van der Waals surface area contributed by atoms with Crippen LogP contribution in [0, 0.1) is 6.92 Å². The predicted molar refractivity (Wildman–Crippen MR) is 99.6 cm³/mol. The van der Waals surface area contributed by atoms with E-state index in [0.29, 0.717) is 6.04 Å². The highest BCUT2D eigenvalue weighted by molar-refractivity contribution is 5.76. The van der Waals surface area contributed by atoms with Crippen molar-refractivity contribution in [3.05, 3.63) is 59.4 Å². The van der Waals surface area contributed by atoms with E-state index in [-0.39, 0.29) is 12.1 Å². The van der Waals surface area contributed by atoms with Gasteiger partial charge in [-0.3, -0.25) is 0 Å². The van der Waals surface area contributed by atoms with Crippen LogP contribution in [0.5, 0.6) is 0 Å². The van der Waals surface area contributed by atoms with E-state index in [1.165, 1.54) is 36.1 Å². The second-order valence-electron chi connectivity index (χ2n) is 7.42. The number of aromatic nitrogens is 1. The molecular formula is C21H27N3O. The van der Waals surface area contributed by atoms with E-state index in [4.69, 9.17) is 0 Å². The molecule has 1 aromatic carbocycles. The van der Waals surface area contributed by atoms with Crippen LogP contribution in [0.3, 0.4) is 0 Å². The maximum absolute atomic E-state index is 13.1. The van der Waals surface area contributed by atoms with Crippen LogP contribution in [0.25, 0.3) is 0 Å². The van der Waals surface area contributed by atoms with Gasteiger partial charge in [-0.2, -0.15) is 0 Å². The molecule has 1 atom stereocenters. The summed E-state index contributed by atoms with van der Waals surface area (Å²) >= 11 is 0. The molecule has 0 spiro atoms. The van der Waals surface area contributed by atoms with E-state index < -0.39 is 0 Å². The van der Waals surface area contributed by atoms with Crippen molar-refractivity contribution in [3.8, 4) is 0 Å². The normalized spacial score (nSPS) is 21.0. The second-order valence-corrected chi connectivity index (χ2v) is 7.42. The van der Waals surface area contributed by atoms with Gasteiger partial charge in [0.15, 0.2) is 0 Å². The molecule has 4 nitrogen and oxygen atoms in total. The van der Waals surface area contributed by atoms with E-state index in [0.717, 1.165) is 25.9 Å². The number of hydrogen-bond donors (Lipinski definition) is 1. The number of fused-ring (bicyclic) bond motifs is 1. The van der Waals surface area contributed by atoms with Crippen molar-refractivity contribution in [2.24, 2.45) is 0 Å². The van der Waals surface area contributed by atoms with Crippen LogP contribution in [-0.4, -0.2) is 28.1 Å². The van der Waals surface area contributed by atoms with Gasteiger partial charge in [-0.05, 0) is 37.5 Å². The highest BCUT2D eigenvalue weighted by Crippen LogP contribution is 2.32. The number of carbonyl (C=O) groups excluding carboxylic acids is 1. The minimum Gasteiger partial charge on any atom is -0.348 e. The number of carbonyl (C=O) groups is 1. The predicted octanol–water partition coefficient (Wildman–Crippen LogP) is 4.24. The van der Waals surface area contributed by atoms with E-state index >= 15 is 0 Å². The standard InChI is InChI=1S/C21H27N3O/c1-16-9-11-17(12-10-16)20-19-8-5-13-23(19)14-15-24(20)21(25)22-18-6-3-2-4-7-18/h5,8-13,18,20H,2-4,6-7,14-15H2,1H3,(H,22,25)/t20-/m1/s1. The third-order valence-electron chi connectivity index (χ3n) is 5.62. The molecule has 1 aromatic heterocycles. The minimum absolute atomic E-state index is 0.00654. The minimum atomic E-state index is -0.00654. The molecule has 4 rings (SSSR count). The van der Waals surface area contributed by atoms with Gasteiger partial charge in [-0.15, -0.1) is 0 Å². The van der Waals surface area contributed by atoms with Crippen LogP contribution < -0.4 is 5.32 Å². The van der Waals surface area contributed by atoms with Crippen LogP contribution in [0.2, 0.25) is 0 Å². The van der Waals surface area contributed by atoms with Crippen molar-refractivity contribution in [1.82, 2.24) is 14.8 Å². The van der Waals surface area contributed by atoms with Crippen LogP contribution in [0.15, 0.2) is 42.6 Å². The lowest BCUT2D eigenvalue weighted by molar-refractivity contribution is 0.162. The van der Waals surface area contributed by atoms with E-state index in [9.17, 15) is 4.79 Å². The summed E-state index contributed by atoms with van der Waals surface area (Å²) in [5.41, 5.74) is 3.63. The molecule has 132 valence electrons. The average Bonchev–Trinajstić information content (AvgIpc) is 3.11. The molecule has 1 saturated carbocycles. The molecule has 0 bridgehead atoms. The zero-order chi connectivity index (χ0) is 17.2. The first-order chi connectivity index (χ1) is 12.2. The highest BCUT2D eigenvalue weighted by Gasteiger charge is 2.33.